The third kappa shape index (κ3) is 9.08. The molecule has 2 atom stereocenters. The van der Waals surface area contributed by atoms with Gasteiger partial charge in [-0.15, -0.1) is 0 Å². The van der Waals surface area contributed by atoms with Gasteiger partial charge in [-0.05, 0) is 35.4 Å². The first-order valence-electron chi connectivity index (χ1n) is 10.9. The van der Waals surface area contributed by atoms with Crippen LogP contribution in [0.15, 0.2) is 84.9 Å². The number of benzene rings is 3. The van der Waals surface area contributed by atoms with Gasteiger partial charge in [0.2, 0.25) is 0 Å². The Morgan fingerprint density at radius 3 is 1.31 bits per heavy atom. The predicted octanol–water partition coefficient (Wildman–Crippen LogP) is 2.75. The van der Waals surface area contributed by atoms with E-state index in [1.807, 2.05) is 60.7 Å². The Morgan fingerprint density at radius 2 is 0.938 bits per heavy atom. The van der Waals surface area contributed by atoms with Crippen molar-refractivity contribution in [3.63, 3.8) is 0 Å². The molecule has 0 unspecified atom stereocenters. The lowest BCUT2D eigenvalue weighted by atomic mass is 10.2. The Labute approximate surface area is 189 Å². The van der Waals surface area contributed by atoms with Gasteiger partial charge in [0.05, 0.1) is 0 Å². The molecule has 6 heteroatoms. The molecule has 0 amide bonds. The first-order chi connectivity index (χ1) is 15.7. The van der Waals surface area contributed by atoms with Crippen molar-refractivity contribution in [2.75, 3.05) is 26.3 Å². The largest absolute Gasteiger partial charge is 0.491 e. The maximum absolute atomic E-state index is 10.1. The summed E-state index contributed by atoms with van der Waals surface area (Å²) < 4.78 is 11.3. The van der Waals surface area contributed by atoms with E-state index in [9.17, 15) is 10.2 Å². The van der Waals surface area contributed by atoms with Gasteiger partial charge in [-0.25, -0.2) is 0 Å². The minimum atomic E-state index is -0.604. The summed E-state index contributed by atoms with van der Waals surface area (Å²) in [5, 5.41) is 26.6. The van der Waals surface area contributed by atoms with Crippen molar-refractivity contribution in [3.05, 3.63) is 96.1 Å². The summed E-state index contributed by atoms with van der Waals surface area (Å²) in [5.41, 5.74) is 2.35. The number of nitrogens with one attached hydrogen (secondary N) is 2. The average Bonchev–Trinajstić information content (AvgIpc) is 2.83. The first kappa shape index (κ1) is 23.8. The van der Waals surface area contributed by atoms with E-state index in [1.165, 1.54) is 11.1 Å². The third-order valence-electron chi connectivity index (χ3n) is 4.81. The van der Waals surface area contributed by atoms with Crippen molar-refractivity contribution in [2.45, 2.75) is 25.3 Å². The van der Waals surface area contributed by atoms with Gasteiger partial charge >= 0.3 is 0 Å². The SMILES string of the molecule is O[C@H](CNCc1ccccc1)COc1ccc(OC[C@@H](O)CNCc2ccccc2)cc1. The molecule has 3 aromatic carbocycles. The number of aliphatic hydroxyl groups excluding tert-OH is 2. The predicted molar refractivity (Wildman–Crippen MR) is 126 cm³/mol. The van der Waals surface area contributed by atoms with Crippen molar-refractivity contribution in [1.29, 1.82) is 0 Å². The van der Waals surface area contributed by atoms with Crippen LogP contribution >= 0.6 is 0 Å². The molecule has 0 saturated carbocycles. The molecule has 4 N–H and O–H groups in total. The van der Waals surface area contributed by atoms with Crippen molar-refractivity contribution in [3.8, 4) is 11.5 Å². The molecular weight excluding hydrogens is 404 g/mol. The summed E-state index contributed by atoms with van der Waals surface area (Å²) >= 11 is 0. The Bertz CT molecular complexity index is 801. The quantitative estimate of drug-likeness (QED) is 0.311. The molecule has 6 nitrogen and oxygen atoms in total. The molecule has 0 radical (unpaired) electrons. The highest BCUT2D eigenvalue weighted by Crippen LogP contribution is 2.18. The fraction of sp³-hybridized carbons (Fsp3) is 0.308. The van der Waals surface area contributed by atoms with Crippen molar-refractivity contribution >= 4 is 0 Å². The van der Waals surface area contributed by atoms with Crippen molar-refractivity contribution in [1.82, 2.24) is 10.6 Å². The summed E-state index contributed by atoms with van der Waals surface area (Å²) in [5.74, 6) is 1.31. The van der Waals surface area contributed by atoms with E-state index in [1.54, 1.807) is 24.3 Å². The number of hydrogen-bond donors (Lipinski definition) is 4. The standard InChI is InChI=1S/C26H32N2O4/c29-23(17-27-15-21-7-3-1-4-8-21)19-31-25-11-13-26(14-12-25)32-20-24(30)18-28-16-22-9-5-2-6-10-22/h1-14,23-24,27-30H,15-20H2/t23-,24+. The van der Waals surface area contributed by atoms with Crippen LogP contribution in [0, 0.1) is 0 Å². The second-order valence-corrected chi connectivity index (χ2v) is 7.63. The van der Waals surface area contributed by atoms with Gasteiger partial charge in [0, 0.05) is 26.2 Å². The maximum Gasteiger partial charge on any atom is 0.119 e. The van der Waals surface area contributed by atoms with E-state index in [0.29, 0.717) is 37.7 Å². The fourth-order valence-electron chi connectivity index (χ4n) is 3.09. The smallest absolute Gasteiger partial charge is 0.119 e. The van der Waals surface area contributed by atoms with Crippen molar-refractivity contribution < 1.29 is 19.7 Å². The normalized spacial score (nSPS) is 12.8. The van der Waals surface area contributed by atoms with Crippen LogP contribution in [0.3, 0.4) is 0 Å². The van der Waals surface area contributed by atoms with Crippen LogP contribution in [0.2, 0.25) is 0 Å². The first-order valence-corrected chi connectivity index (χ1v) is 10.9. The zero-order valence-corrected chi connectivity index (χ0v) is 18.2. The molecule has 0 saturated heterocycles. The van der Waals surface area contributed by atoms with Crippen LogP contribution in [0.25, 0.3) is 0 Å². The number of ether oxygens (including phenoxy) is 2. The highest BCUT2D eigenvalue weighted by Gasteiger charge is 2.07. The van der Waals surface area contributed by atoms with Crippen molar-refractivity contribution in [2.24, 2.45) is 0 Å². The van der Waals surface area contributed by atoms with Crippen LogP contribution in [-0.4, -0.2) is 48.7 Å². The van der Waals surface area contributed by atoms with E-state index >= 15 is 0 Å². The minimum Gasteiger partial charge on any atom is -0.491 e. The summed E-state index contributed by atoms with van der Waals surface area (Å²) in [6.07, 6.45) is -1.21. The summed E-state index contributed by atoms with van der Waals surface area (Å²) in [7, 11) is 0. The fourth-order valence-corrected chi connectivity index (χ4v) is 3.09. The Hall–Kier alpha value is -2.90. The van der Waals surface area contributed by atoms with Gasteiger partial charge in [-0.2, -0.15) is 0 Å². The lowest BCUT2D eigenvalue weighted by molar-refractivity contribution is 0.104. The summed E-state index contributed by atoms with van der Waals surface area (Å²) in [4.78, 5) is 0. The second-order valence-electron chi connectivity index (χ2n) is 7.63. The molecule has 0 fully saturated rings. The zero-order chi connectivity index (χ0) is 22.4. The third-order valence-corrected chi connectivity index (χ3v) is 4.81. The Balaban J connectivity index is 1.27. The van der Waals surface area contributed by atoms with Crippen LogP contribution in [-0.2, 0) is 13.1 Å². The summed E-state index contributed by atoms with van der Waals surface area (Å²) in [6.45, 7) is 2.72. The Kier molecular flexibility index (Phi) is 10.0. The molecule has 3 aromatic rings. The van der Waals surface area contributed by atoms with Gasteiger partial charge < -0.3 is 30.3 Å². The van der Waals surface area contributed by atoms with E-state index in [2.05, 4.69) is 10.6 Å². The molecule has 0 bridgehead atoms. The molecule has 0 aliphatic rings. The van der Waals surface area contributed by atoms with Gasteiger partial charge in [-0.1, -0.05) is 60.7 Å². The second kappa shape index (κ2) is 13.5. The zero-order valence-electron chi connectivity index (χ0n) is 18.2. The molecule has 32 heavy (non-hydrogen) atoms. The summed E-state index contributed by atoms with van der Waals surface area (Å²) in [6, 6.07) is 27.3. The monoisotopic (exact) mass is 436 g/mol. The minimum absolute atomic E-state index is 0.202. The molecular formula is C26H32N2O4. The van der Waals surface area contributed by atoms with Gasteiger partial charge in [-0.3, -0.25) is 0 Å². The average molecular weight is 437 g/mol. The molecule has 0 aliphatic heterocycles. The molecule has 170 valence electrons. The van der Waals surface area contributed by atoms with Gasteiger partial charge in [0.1, 0.15) is 36.9 Å². The molecule has 3 rings (SSSR count). The number of rotatable bonds is 14. The van der Waals surface area contributed by atoms with E-state index in [0.717, 1.165) is 0 Å². The van der Waals surface area contributed by atoms with Crippen LogP contribution in [0.5, 0.6) is 11.5 Å². The molecule has 0 aromatic heterocycles. The highest BCUT2D eigenvalue weighted by atomic mass is 16.5. The maximum atomic E-state index is 10.1. The molecule has 0 spiro atoms. The number of aliphatic hydroxyl groups is 2. The highest BCUT2D eigenvalue weighted by molar-refractivity contribution is 5.31. The van der Waals surface area contributed by atoms with Gasteiger partial charge in [0.25, 0.3) is 0 Å². The van der Waals surface area contributed by atoms with E-state index < -0.39 is 12.2 Å². The lowest BCUT2D eigenvalue weighted by Crippen LogP contribution is -2.31. The molecule has 0 aliphatic carbocycles. The topological polar surface area (TPSA) is 83.0 Å². The lowest BCUT2D eigenvalue weighted by Gasteiger charge is -2.15. The van der Waals surface area contributed by atoms with Crippen LogP contribution in [0.4, 0.5) is 0 Å². The van der Waals surface area contributed by atoms with Crippen LogP contribution < -0.4 is 20.1 Å². The molecule has 0 heterocycles. The van der Waals surface area contributed by atoms with E-state index in [4.69, 9.17) is 9.47 Å². The van der Waals surface area contributed by atoms with E-state index in [-0.39, 0.29) is 13.2 Å². The van der Waals surface area contributed by atoms with Gasteiger partial charge in [0.15, 0.2) is 0 Å². The number of hydrogen-bond acceptors (Lipinski definition) is 6. The van der Waals surface area contributed by atoms with Crippen LogP contribution in [0.1, 0.15) is 11.1 Å². The Morgan fingerprint density at radius 1 is 0.562 bits per heavy atom.